The van der Waals surface area contributed by atoms with E-state index in [4.69, 9.17) is 0 Å². The van der Waals surface area contributed by atoms with Gasteiger partial charge in [-0.2, -0.15) is 0 Å². The molecule has 0 spiro atoms. The number of rotatable bonds is 3. The number of benzene rings is 3. The zero-order valence-electron chi connectivity index (χ0n) is 16.5. The first kappa shape index (κ1) is 24.1. The van der Waals surface area contributed by atoms with Gasteiger partial charge in [0.05, 0.1) is 0 Å². The Bertz CT molecular complexity index is 1140. The second-order valence-corrected chi connectivity index (χ2v) is 9.77. The third kappa shape index (κ3) is 3.57. The van der Waals surface area contributed by atoms with Crippen molar-refractivity contribution in [2.45, 2.75) is 20.8 Å². The highest BCUT2D eigenvalue weighted by Crippen LogP contribution is 2.22. The van der Waals surface area contributed by atoms with E-state index in [0.29, 0.717) is 26.0 Å². The Morgan fingerprint density at radius 3 is 1.16 bits per heavy atom. The summed E-state index contributed by atoms with van der Waals surface area (Å²) < 4.78 is 141. The van der Waals surface area contributed by atoms with Crippen LogP contribution in [0.1, 0.15) is 16.7 Å². The second kappa shape index (κ2) is 8.45. The number of hydrogen-bond donors (Lipinski definition) is 0. The molecule has 0 atom stereocenters. The largest absolute Gasteiger partial charge is 0.403 e. The van der Waals surface area contributed by atoms with Gasteiger partial charge < -0.3 is 0 Å². The van der Waals surface area contributed by atoms with Gasteiger partial charge in [-0.1, -0.05) is 4.43 Å². The number of halogens is 10. The zero-order valence-corrected chi connectivity index (χ0v) is 17.7. The van der Waals surface area contributed by atoms with Crippen molar-refractivity contribution in [3.8, 4) is 0 Å². The van der Waals surface area contributed by atoms with Crippen LogP contribution in [0.5, 0.6) is 0 Å². The van der Waals surface area contributed by atoms with Crippen molar-refractivity contribution in [1.29, 1.82) is 0 Å². The average molecular weight is 480 g/mol. The Morgan fingerprint density at radius 1 is 0.469 bits per heavy atom. The predicted molar refractivity (Wildman–Crippen MR) is 97.8 cm³/mol. The molecule has 0 saturated heterocycles. The van der Waals surface area contributed by atoms with E-state index in [9.17, 15) is 43.9 Å². The van der Waals surface area contributed by atoms with Crippen molar-refractivity contribution >= 4 is 27.4 Å². The van der Waals surface area contributed by atoms with Gasteiger partial charge in [-0.15, -0.1) is 0 Å². The van der Waals surface area contributed by atoms with E-state index in [1.165, 1.54) is 0 Å². The summed E-state index contributed by atoms with van der Waals surface area (Å²) in [6.07, 6.45) is 0. The van der Waals surface area contributed by atoms with Gasteiger partial charge in [-0.25, -0.2) is 43.9 Å². The molecule has 32 heavy (non-hydrogen) atoms. The quantitative estimate of drug-likeness (QED) is 0.294. The maximum Gasteiger partial charge on any atom is 0.403 e. The van der Waals surface area contributed by atoms with Crippen molar-refractivity contribution in [3.05, 3.63) is 87.0 Å². The Morgan fingerprint density at radius 2 is 0.812 bits per heavy atom. The van der Waals surface area contributed by atoms with E-state index in [1.807, 2.05) is 0 Å². The van der Waals surface area contributed by atoms with Crippen LogP contribution in [0.15, 0.2) is 12.1 Å². The molecule has 0 aromatic heterocycles. The minimum Gasteiger partial charge on any atom is -0.207 e. The zero-order chi connectivity index (χ0) is 24.2. The first-order valence-electron chi connectivity index (χ1n) is 8.91. The van der Waals surface area contributed by atoms with Crippen LogP contribution in [0.2, 0.25) is 0 Å². The van der Waals surface area contributed by atoms with E-state index in [2.05, 4.69) is 0 Å². The summed E-state index contributed by atoms with van der Waals surface area (Å²) in [7, 11) is 0. The van der Waals surface area contributed by atoms with Gasteiger partial charge in [-0.05, 0) is 41.3 Å². The molecule has 0 N–H and O–H groups in total. The van der Waals surface area contributed by atoms with E-state index in [-0.39, 0.29) is 0 Å². The van der Waals surface area contributed by atoms with Crippen LogP contribution in [0.3, 0.4) is 0 Å². The molecule has 0 aliphatic carbocycles. The minimum absolute atomic E-state index is 0.344. The van der Waals surface area contributed by atoms with Gasteiger partial charge in [0, 0.05) is 17.2 Å². The molecular formula is C21H11AlF10. The molecule has 168 valence electrons. The Labute approximate surface area is 179 Å². The van der Waals surface area contributed by atoms with Crippen molar-refractivity contribution in [3.63, 3.8) is 0 Å². The van der Waals surface area contributed by atoms with Crippen molar-refractivity contribution in [2.24, 2.45) is 0 Å². The molecule has 0 fully saturated rings. The second-order valence-electron chi connectivity index (χ2n) is 7.12. The molecule has 0 radical (unpaired) electrons. The highest BCUT2D eigenvalue weighted by molar-refractivity contribution is 6.96. The van der Waals surface area contributed by atoms with Gasteiger partial charge in [0.25, 0.3) is 0 Å². The highest BCUT2D eigenvalue weighted by atomic mass is 27.2. The Balaban J connectivity index is 2.60. The van der Waals surface area contributed by atoms with E-state index in [1.54, 1.807) is 0 Å². The summed E-state index contributed by atoms with van der Waals surface area (Å²) in [5.74, 6) is -18.8. The maximum absolute atomic E-state index is 14.8. The lowest BCUT2D eigenvalue weighted by Gasteiger charge is -2.21. The molecule has 0 bridgehead atoms. The highest BCUT2D eigenvalue weighted by Gasteiger charge is 2.42. The summed E-state index contributed by atoms with van der Waals surface area (Å²) in [5.41, 5.74) is -2.80. The van der Waals surface area contributed by atoms with Crippen LogP contribution in [0.25, 0.3) is 0 Å². The molecule has 0 amide bonds. The lowest BCUT2D eigenvalue weighted by Crippen LogP contribution is -2.59. The average Bonchev–Trinajstić information content (AvgIpc) is 2.75. The summed E-state index contributed by atoms with van der Waals surface area (Å²) >= 11 is -4.66. The molecule has 0 aliphatic heterocycles. The molecule has 3 rings (SSSR count). The van der Waals surface area contributed by atoms with Crippen molar-refractivity contribution < 1.29 is 43.9 Å². The van der Waals surface area contributed by atoms with Gasteiger partial charge in [0.1, 0.15) is 34.9 Å². The first-order valence-corrected chi connectivity index (χ1v) is 10.6. The monoisotopic (exact) mass is 480 g/mol. The summed E-state index contributed by atoms with van der Waals surface area (Å²) in [4.78, 5) is 0. The normalized spacial score (nSPS) is 11.3. The molecule has 3 aromatic carbocycles. The number of hydrogen-bond acceptors (Lipinski definition) is 0. The minimum atomic E-state index is -4.66. The Kier molecular flexibility index (Phi) is 6.37. The maximum atomic E-state index is 14.8. The Hall–Kier alpha value is -2.51. The van der Waals surface area contributed by atoms with Crippen LogP contribution in [0, 0.1) is 78.9 Å². The molecule has 0 aliphatic rings. The molecule has 3 aromatic rings. The molecule has 0 saturated carbocycles. The summed E-state index contributed by atoms with van der Waals surface area (Å²) in [5, 5.41) is 0. The lowest BCUT2D eigenvalue weighted by atomic mass is 10.2. The van der Waals surface area contributed by atoms with E-state index in [0.717, 1.165) is 6.92 Å². The van der Waals surface area contributed by atoms with Gasteiger partial charge in [0.15, 0.2) is 23.3 Å². The summed E-state index contributed by atoms with van der Waals surface area (Å²) in [6, 6.07) is 0.786. The molecule has 0 nitrogen and oxygen atoms in total. The third-order valence-corrected chi connectivity index (χ3v) is 8.66. The first-order chi connectivity index (χ1) is 14.8. The van der Waals surface area contributed by atoms with Gasteiger partial charge in [0.2, 0.25) is 0 Å². The fourth-order valence-corrected chi connectivity index (χ4v) is 6.77. The van der Waals surface area contributed by atoms with Crippen LogP contribution in [-0.2, 0) is 0 Å². The van der Waals surface area contributed by atoms with E-state index >= 15 is 0 Å². The van der Waals surface area contributed by atoms with Crippen LogP contribution in [0.4, 0.5) is 43.9 Å². The fourth-order valence-electron chi connectivity index (χ4n) is 3.44. The van der Waals surface area contributed by atoms with E-state index < -0.39 is 102 Å². The summed E-state index contributed by atoms with van der Waals surface area (Å²) in [6.45, 7) is 2.30. The standard InChI is InChI=1S/2C7H3F4.C7H5F2.Al/c2*1-3-6(10)4(8)2-5(9)7(3)11;1-5-2-3-6(8)4-7(5)9;/h2*1H3;3-4H,1H3;. The predicted octanol–water partition coefficient (Wildman–Crippen LogP) is 4.52. The fraction of sp³-hybridized carbons (Fsp3) is 0.143. The topological polar surface area (TPSA) is 0 Å². The molecule has 11 heteroatoms. The van der Waals surface area contributed by atoms with Gasteiger partial charge in [-0.3, -0.25) is 0 Å². The van der Waals surface area contributed by atoms with Crippen LogP contribution >= 0.6 is 0 Å². The van der Waals surface area contributed by atoms with Crippen LogP contribution in [-0.4, -0.2) is 14.1 Å². The molecule has 0 heterocycles. The molecular weight excluding hydrogens is 469 g/mol. The lowest BCUT2D eigenvalue weighted by molar-refractivity contribution is 0.450. The third-order valence-electron chi connectivity index (χ3n) is 5.27. The smallest absolute Gasteiger partial charge is 0.207 e. The van der Waals surface area contributed by atoms with Crippen molar-refractivity contribution in [1.82, 2.24) is 0 Å². The van der Waals surface area contributed by atoms with Crippen LogP contribution < -0.4 is 13.3 Å². The SMILES string of the molecule is Cc1c(F)cc(F)c[c]1[Al]([c]1c(F)c(F)c(C)c(F)c1F)[c]1c(F)c(F)c(C)c(F)c1F. The van der Waals surface area contributed by atoms with Crippen molar-refractivity contribution in [2.75, 3.05) is 0 Å². The van der Waals surface area contributed by atoms with Gasteiger partial charge >= 0.3 is 14.1 Å². The molecule has 0 unspecified atom stereocenters.